The number of hydrogen-bond donors (Lipinski definition) is 5. The van der Waals surface area contributed by atoms with Crippen molar-refractivity contribution in [1.82, 2.24) is 0 Å². The quantitative estimate of drug-likeness (QED) is 0.211. The smallest absolute Gasteiger partial charge is 0.308 e. The SMILES string of the molecule is CC[C@H](C)C(=O)O[C@H]1C[C@H](O)C=C2C=C[C@H](C)[C@H](CC[C@@H](O)C[C@@H](O)CC(=O)O)[C@H]21.CS(=O)(=O)O. The van der Waals surface area contributed by atoms with E-state index in [0.717, 1.165) is 5.57 Å². The molecule has 0 bridgehead atoms. The van der Waals surface area contributed by atoms with Crippen LogP contribution in [-0.4, -0.2) is 76.0 Å². The zero-order chi connectivity index (χ0) is 26.9. The summed E-state index contributed by atoms with van der Waals surface area (Å²) in [6.07, 6.45) is 5.35. The van der Waals surface area contributed by atoms with E-state index in [4.69, 9.17) is 14.4 Å². The highest BCUT2D eigenvalue weighted by Gasteiger charge is 2.42. The maximum atomic E-state index is 12.4. The molecule has 35 heavy (non-hydrogen) atoms. The molecule has 11 heteroatoms. The first kappa shape index (κ1) is 31.2. The Morgan fingerprint density at radius 1 is 1.23 bits per heavy atom. The third kappa shape index (κ3) is 11.7. The third-order valence-corrected chi connectivity index (χ3v) is 6.44. The number of carbonyl (C=O) groups is 2. The van der Waals surface area contributed by atoms with Gasteiger partial charge in [0.1, 0.15) is 6.10 Å². The molecule has 0 radical (unpaired) electrons. The number of carboxylic acid groups (broad SMARTS) is 1. The minimum atomic E-state index is -3.67. The highest BCUT2D eigenvalue weighted by Crippen LogP contribution is 2.44. The summed E-state index contributed by atoms with van der Waals surface area (Å²) in [5.41, 5.74) is 0.958. The van der Waals surface area contributed by atoms with Gasteiger partial charge in [-0.15, -0.1) is 0 Å². The number of aliphatic hydroxyl groups is 3. The van der Waals surface area contributed by atoms with Crippen molar-refractivity contribution >= 4 is 22.1 Å². The van der Waals surface area contributed by atoms with Crippen molar-refractivity contribution in [2.45, 2.75) is 83.7 Å². The maximum absolute atomic E-state index is 12.4. The summed E-state index contributed by atoms with van der Waals surface area (Å²) in [4.78, 5) is 23.1. The van der Waals surface area contributed by atoms with Crippen LogP contribution in [0.5, 0.6) is 0 Å². The van der Waals surface area contributed by atoms with E-state index in [1.165, 1.54) is 0 Å². The molecule has 8 atom stereocenters. The average molecular weight is 521 g/mol. The lowest BCUT2D eigenvalue weighted by molar-refractivity contribution is -0.159. The van der Waals surface area contributed by atoms with E-state index in [0.29, 0.717) is 31.9 Å². The molecule has 5 N–H and O–H groups in total. The van der Waals surface area contributed by atoms with E-state index in [1.807, 2.05) is 26.0 Å². The lowest BCUT2D eigenvalue weighted by Crippen LogP contribution is -2.43. The van der Waals surface area contributed by atoms with E-state index >= 15 is 0 Å². The number of carbonyl (C=O) groups excluding carboxylic acids is 1. The molecule has 0 saturated carbocycles. The summed E-state index contributed by atoms with van der Waals surface area (Å²) < 4.78 is 31.7. The van der Waals surface area contributed by atoms with Crippen LogP contribution in [0.25, 0.3) is 0 Å². The van der Waals surface area contributed by atoms with Crippen LogP contribution in [0, 0.1) is 23.7 Å². The Morgan fingerprint density at radius 3 is 2.37 bits per heavy atom. The highest BCUT2D eigenvalue weighted by atomic mass is 32.2. The molecule has 0 heterocycles. The Balaban J connectivity index is 0.00000111. The van der Waals surface area contributed by atoms with Gasteiger partial charge in [0.2, 0.25) is 0 Å². The number of carboxylic acids is 1. The molecule has 0 aliphatic heterocycles. The molecular weight excluding hydrogens is 480 g/mol. The lowest BCUT2D eigenvalue weighted by Gasteiger charge is -2.43. The first-order chi connectivity index (χ1) is 16.1. The fourth-order valence-corrected chi connectivity index (χ4v) is 4.52. The Labute approximate surface area is 207 Å². The van der Waals surface area contributed by atoms with E-state index in [2.05, 4.69) is 13.0 Å². The van der Waals surface area contributed by atoms with Crippen LogP contribution >= 0.6 is 0 Å². The summed E-state index contributed by atoms with van der Waals surface area (Å²) in [5, 5.41) is 39.1. The molecule has 202 valence electrons. The van der Waals surface area contributed by atoms with Crippen LogP contribution in [0.3, 0.4) is 0 Å². The fraction of sp³-hybridized carbons (Fsp3) is 0.750. The van der Waals surface area contributed by atoms with Crippen molar-refractivity contribution in [3.05, 3.63) is 23.8 Å². The number of allylic oxidation sites excluding steroid dienone is 2. The van der Waals surface area contributed by atoms with Crippen LogP contribution in [0.4, 0.5) is 0 Å². The molecule has 0 unspecified atom stereocenters. The normalized spacial score (nSPS) is 28.5. The topological polar surface area (TPSA) is 179 Å². The fourth-order valence-electron chi connectivity index (χ4n) is 4.52. The van der Waals surface area contributed by atoms with Crippen LogP contribution in [0.15, 0.2) is 23.8 Å². The Hall–Kier alpha value is -1.79. The molecule has 0 aromatic carbocycles. The summed E-state index contributed by atoms with van der Waals surface area (Å²) >= 11 is 0. The van der Waals surface area contributed by atoms with E-state index in [-0.39, 0.29) is 42.5 Å². The second-order valence-electron chi connectivity index (χ2n) is 9.61. The number of esters is 1. The van der Waals surface area contributed by atoms with E-state index in [1.54, 1.807) is 0 Å². The summed E-state index contributed by atoms with van der Waals surface area (Å²) in [6, 6.07) is 0. The van der Waals surface area contributed by atoms with E-state index < -0.39 is 40.5 Å². The minimum Gasteiger partial charge on any atom is -0.481 e. The lowest BCUT2D eigenvalue weighted by atomic mass is 9.66. The van der Waals surface area contributed by atoms with Crippen molar-refractivity contribution < 1.29 is 47.7 Å². The molecule has 10 nitrogen and oxygen atoms in total. The minimum absolute atomic E-state index is 0.0156. The second-order valence-corrected chi connectivity index (χ2v) is 11.1. The largest absolute Gasteiger partial charge is 0.481 e. The second kappa shape index (κ2) is 14.1. The molecule has 2 aliphatic rings. The monoisotopic (exact) mass is 520 g/mol. The number of fused-ring (bicyclic) bond motifs is 1. The number of aliphatic hydroxyl groups excluding tert-OH is 3. The van der Waals surface area contributed by atoms with Crippen molar-refractivity contribution in [1.29, 1.82) is 0 Å². The first-order valence-electron chi connectivity index (χ1n) is 11.9. The first-order valence-corrected chi connectivity index (χ1v) is 13.8. The van der Waals surface area contributed by atoms with Crippen molar-refractivity contribution in [3.63, 3.8) is 0 Å². The Bertz CT molecular complexity index is 858. The van der Waals surface area contributed by atoms with Gasteiger partial charge in [-0.2, -0.15) is 8.42 Å². The number of hydrogen-bond acceptors (Lipinski definition) is 8. The predicted molar refractivity (Wildman–Crippen MR) is 129 cm³/mol. The molecule has 0 saturated heterocycles. The van der Waals surface area contributed by atoms with Crippen molar-refractivity contribution in [2.24, 2.45) is 23.7 Å². The zero-order valence-corrected chi connectivity index (χ0v) is 21.6. The van der Waals surface area contributed by atoms with Gasteiger partial charge in [-0.3, -0.25) is 14.1 Å². The van der Waals surface area contributed by atoms with E-state index in [9.17, 15) is 33.3 Å². The van der Waals surface area contributed by atoms with Crippen molar-refractivity contribution in [3.8, 4) is 0 Å². The van der Waals surface area contributed by atoms with Gasteiger partial charge in [-0.05, 0) is 43.1 Å². The molecule has 2 rings (SSSR count). The van der Waals surface area contributed by atoms with Gasteiger partial charge >= 0.3 is 11.9 Å². The van der Waals surface area contributed by atoms with Gasteiger partial charge in [-0.25, -0.2) is 0 Å². The van der Waals surface area contributed by atoms with Gasteiger partial charge in [-0.1, -0.05) is 39.0 Å². The van der Waals surface area contributed by atoms with Gasteiger partial charge in [0.05, 0.1) is 36.9 Å². The van der Waals surface area contributed by atoms with Gasteiger partial charge in [0.15, 0.2) is 0 Å². The molecule has 0 fully saturated rings. The molecule has 0 spiro atoms. The standard InChI is InChI=1S/C23H36O7.CH4O3S/c1-4-13(2)23(29)30-20-11-17(25)9-15-6-5-14(3)19(22(15)20)8-7-16(24)10-18(26)12-21(27)28;1-5(2,3)4/h5-6,9,13-14,16-20,22,24-26H,4,7-8,10-12H2,1-3H3,(H,27,28);1H3,(H,2,3,4)/t13-,14-,16+,17+,18+,19-,20-,22-;/m0./s1. The highest BCUT2D eigenvalue weighted by molar-refractivity contribution is 7.85. The summed E-state index contributed by atoms with van der Waals surface area (Å²) in [5.74, 6) is -1.31. The molecular formula is C24H40O10S. The predicted octanol–water partition coefficient (Wildman–Crippen LogP) is 1.94. The van der Waals surface area contributed by atoms with Gasteiger partial charge in [0, 0.05) is 12.3 Å². The molecule has 0 amide bonds. The number of rotatable bonds is 10. The Kier molecular flexibility index (Phi) is 12.6. The van der Waals surface area contributed by atoms with Gasteiger partial charge in [0.25, 0.3) is 10.1 Å². The molecule has 2 aliphatic carbocycles. The van der Waals surface area contributed by atoms with Crippen LogP contribution in [-0.2, 0) is 24.4 Å². The Morgan fingerprint density at radius 2 is 1.83 bits per heavy atom. The summed E-state index contributed by atoms with van der Waals surface area (Å²) in [6.45, 7) is 5.85. The van der Waals surface area contributed by atoms with Crippen LogP contribution in [0.2, 0.25) is 0 Å². The molecule has 0 aromatic heterocycles. The summed E-state index contributed by atoms with van der Waals surface area (Å²) in [7, 11) is -3.67. The van der Waals surface area contributed by atoms with Crippen molar-refractivity contribution in [2.75, 3.05) is 6.26 Å². The zero-order valence-electron chi connectivity index (χ0n) is 20.8. The van der Waals surface area contributed by atoms with Gasteiger partial charge < -0.3 is 25.2 Å². The third-order valence-electron chi connectivity index (χ3n) is 6.44. The van der Waals surface area contributed by atoms with Crippen LogP contribution in [0.1, 0.15) is 59.3 Å². The number of ether oxygens (including phenoxy) is 1. The van der Waals surface area contributed by atoms with Crippen LogP contribution < -0.4 is 0 Å². The molecule has 0 aromatic rings. The number of aliphatic carboxylic acids is 1. The maximum Gasteiger partial charge on any atom is 0.308 e. The average Bonchev–Trinajstić information content (AvgIpc) is 2.70.